The molecule has 4 rings (SSSR count). The molecule has 3 heterocycles. The van der Waals surface area contributed by atoms with Crippen LogP contribution in [0.1, 0.15) is 5.56 Å². The monoisotopic (exact) mass is 352 g/mol. The lowest BCUT2D eigenvalue weighted by Crippen LogP contribution is -2.47. The van der Waals surface area contributed by atoms with Crippen molar-refractivity contribution in [3.63, 3.8) is 0 Å². The summed E-state index contributed by atoms with van der Waals surface area (Å²) in [4.78, 5) is 13.6. The molecule has 0 bridgehead atoms. The van der Waals surface area contributed by atoms with Crippen molar-refractivity contribution >= 4 is 16.9 Å². The van der Waals surface area contributed by atoms with E-state index in [4.69, 9.17) is 4.74 Å². The number of benzene rings is 1. The summed E-state index contributed by atoms with van der Waals surface area (Å²) < 4.78 is 7.64. The summed E-state index contributed by atoms with van der Waals surface area (Å²) in [6, 6.07) is 8.22. The van der Waals surface area contributed by atoms with E-state index >= 15 is 0 Å². The Balaban J connectivity index is 1.30. The van der Waals surface area contributed by atoms with Crippen molar-refractivity contribution < 1.29 is 4.74 Å². The molecule has 7 nitrogen and oxygen atoms in total. The summed E-state index contributed by atoms with van der Waals surface area (Å²) in [5.74, 6) is 1.92. The molecule has 7 heteroatoms. The number of anilines is 1. The number of hydrogen-bond acceptors (Lipinski definition) is 6. The number of nitrogens with zero attached hydrogens (tertiary/aromatic N) is 6. The summed E-state index contributed by atoms with van der Waals surface area (Å²) in [6.07, 6.45) is 3.48. The van der Waals surface area contributed by atoms with Gasteiger partial charge in [0.2, 0.25) is 0 Å². The van der Waals surface area contributed by atoms with E-state index in [1.165, 1.54) is 5.56 Å². The number of piperazine rings is 1. The van der Waals surface area contributed by atoms with Gasteiger partial charge in [0.25, 0.3) is 0 Å². The molecule has 1 saturated heterocycles. The molecule has 0 spiro atoms. The number of aromatic nitrogens is 4. The van der Waals surface area contributed by atoms with E-state index in [9.17, 15) is 0 Å². The number of aryl methyl sites for hydroxylation is 2. The molecule has 0 atom stereocenters. The maximum atomic E-state index is 5.85. The van der Waals surface area contributed by atoms with Crippen LogP contribution in [0.3, 0.4) is 0 Å². The van der Waals surface area contributed by atoms with Crippen LogP contribution in [0.4, 0.5) is 5.82 Å². The molecule has 26 heavy (non-hydrogen) atoms. The van der Waals surface area contributed by atoms with Gasteiger partial charge in [-0.25, -0.2) is 9.97 Å². The lowest BCUT2D eigenvalue weighted by molar-refractivity contribution is 0.200. The molecule has 1 aliphatic rings. The fourth-order valence-corrected chi connectivity index (χ4v) is 3.31. The molecular weight excluding hydrogens is 328 g/mol. The van der Waals surface area contributed by atoms with E-state index in [0.717, 1.165) is 55.3 Å². The Morgan fingerprint density at radius 1 is 1.04 bits per heavy atom. The van der Waals surface area contributed by atoms with Gasteiger partial charge in [0.15, 0.2) is 5.65 Å². The second kappa shape index (κ2) is 7.29. The maximum absolute atomic E-state index is 5.85. The van der Waals surface area contributed by atoms with Crippen LogP contribution in [0.2, 0.25) is 0 Å². The Bertz CT molecular complexity index is 867. The predicted molar refractivity (Wildman–Crippen MR) is 102 cm³/mol. The van der Waals surface area contributed by atoms with E-state index in [1.54, 1.807) is 11.0 Å². The van der Waals surface area contributed by atoms with Crippen LogP contribution in [0.15, 0.2) is 36.8 Å². The third-order valence-corrected chi connectivity index (χ3v) is 4.88. The minimum atomic E-state index is 0.712. The van der Waals surface area contributed by atoms with E-state index in [1.807, 2.05) is 25.4 Å². The summed E-state index contributed by atoms with van der Waals surface area (Å²) in [5, 5.41) is 5.32. The average molecular weight is 352 g/mol. The normalized spacial score (nSPS) is 15.5. The highest BCUT2D eigenvalue weighted by atomic mass is 16.5. The van der Waals surface area contributed by atoms with Crippen LogP contribution < -0.4 is 9.64 Å². The molecule has 0 unspecified atom stereocenters. The smallest absolute Gasteiger partial charge is 0.163 e. The molecule has 1 aromatic carbocycles. The van der Waals surface area contributed by atoms with Crippen LogP contribution in [0.25, 0.3) is 11.0 Å². The first-order chi connectivity index (χ1) is 12.7. The van der Waals surface area contributed by atoms with Gasteiger partial charge >= 0.3 is 0 Å². The molecular formula is C19H24N6O. The van der Waals surface area contributed by atoms with Crippen LogP contribution in [0, 0.1) is 6.92 Å². The highest BCUT2D eigenvalue weighted by Gasteiger charge is 2.20. The summed E-state index contributed by atoms with van der Waals surface area (Å²) in [7, 11) is 1.91. The average Bonchev–Trinajstić information content (AvgIpc) is 3.05. The van der Waals surface area contributed by atoms with Crippen molar-refractivity contribution in [1.29, 1.82) is 0 Å². The second-order valence-corrected chi connectivity index (χ2v) is 6.69. The van der Waals surface area contributed by atoms with Gasteiger partial charge in [0.05, 0.1) is 11.6 Å². The summed E-state index contributed by atoms with van der Waals surface area (Å²) >= 11 is 0. The minimum Gasteiger partial charge on any atom is -0.492 e. The molecule has 0 N–H and O–H groups in total. The lowest BCUT2D eigenvalue weighted by Gasteiger charge is -2.35. The number of hydrogen-bond donors (Lipinski definition) is 0. The SMILES string of the molecule is Cc1ccc(OCCN2CCN(c3ncnc4c3cnn4C)CC2)cc1. The quantitative estimate of drug-likeness (QED) is 0.699. The topological polar surface area (TPSA) is 59.3 Å². The molecule has 136 valence electrons. The third kappa shape index (κ3) is 3.48. The van der Waals surface area contributed by atoms with Crippen molar-refractivity contribution in [1.82, 2.24) is 24.6 Å². The first kappa shape index (κ1) is 16.8. The minimum absolute atomic E-state index is 0.712. The fourth-order valence-electron chi connectivity index (χ4n) is 3.31. The van der Waals surface area contributed by atoms with Crippen LogP contribution in [-0.4, -0.2) is 64.0 Å². The number of ether oxygens (including phenoxy) is 1. The molecule has 0 saturated carbocycles. The van der Waals surface area contributed by atoms with Gasteiger partial charge in [-0.3, -0.25) is 9.58 Å². The molecule has 0 radical (unpaired) electrons. The van der Waals surface area contributed by atoms with Gasteiger partial charge in [-0.2, -0.15) is 5.10 Å². The van der Waals surface area contributed by atoms with Gasteiger partial charge in [-0.05, 0) is 19.1 Å². The van der Waals surface area contributed by atoms with Crippen molar-refractivity contribution in [2.45, 2.75) is 6.92 Å². The number of rotatable bonds is 5. The summed E-state index contributed by atoms with van der Waals surface area (Å²) in [6.45, 7) is 7.64. The Hall–Kier alpha value is -2.67. The summed E-state index contributed by atoms with van der Waals surface area (Å²) in [5.41, 5.74) is 2.13. The van der Waals surface area contributed by atoms with Crippen molar-refractivity contribution in [3.8, 4) is 5.75 Å². The first-order valence-corrected chi connectivity index (χ1v) is 9.00. The molecule has 1 aliphatic heterocycles. The molecule has 1 fully saturated rings. The van der Waals surface area contributed by atoms with Gasteiger partial charge in [-0.15, -0.1) is 0 Å². The standard InChI is InChI=1S/C19H24N6O/c1-15-3-5-16(6-4-15)26-12-11-24-7-9-25(10-8-24)19-17-13-22-23(2)18(17)20-14-21-19/h3-6,13-14H,7-12H2,1-2H3. The van der Waals surface area contributed by atoms with Crippen molar-refractivity contribution in [3.05, 3.63) is 42.4 Å². The van der Waals surface area contributed by atoms with E-state index < -0.39 is 0 Å². The Morgan fingerprint density at radius 2 is 1.81 bits per heavy atom. The van der Waals surface area contributed by atoms with Crippen molar-refractivity contribution in [2.24, 2.45) is 7.05 Å². The maximum Gasteiger partial charge on any atom is 0.163 e. The van der Waals surface area contributed by atoms with E-state index in [2.05, 4.69) is 43.9 Å². The van der Waals surface area contributed by atoms with Gasteiger partial charge in [-0.1, -0.05) is 17.7 Å². The molecule has 3 aromatic rings. The van der Waals surface area contributed by atoms with Crippen LogP contribution in [0.5, 0.6) is 5.75 Å². The van der Waals surface area contributed by atoms with Gasteiger partial charge in [0, 0.05) is 39.8 Å². The highest BCUT2D eigenvalue weighted by Crippen LogP contribution is 2.23. The molecule has 2 aromatic heterocycles. The number of fused-ring (bicyclic) bond motifs is 1. The van der Waals surface area contributed by atoms with E-state index in [0.29, 0.717) is 6.61 Å². The zero-order valence-electron chi connectivity index (χ0n) is 15.3. The largest absolute Gasteiger partial charge is 0.492 e. The molecule has 0 aliphatic carbocycles. The highest BCUT2D eigenvalue weighted by molar-refractivity contribution is 5.86. The zero-order chi connectivity index (χ0) is 17.9. The zero-order valence-corrected chi connectivity index (χ0v) is 15.3. The first-order valence-electron chi connectivity index (χ1n) is 9.00. The lowest BCUT2D eigenvalue weighted by atomic mass is 10.2. The fraction of sp³-hybridized carbons (Fsp3) is 0.421. The predicted octanol–water partition coefficient (Wildman–Crippen LogP) is 1.87. The van der Waals surface area contributed by atoms with E-state index in [-0.39, 0.29) is 0 Å². The Morgan fingerprint density at radius 3 is 2.58 bits per heavy atom. The van der Waals surface area contributed by atoms with Crippen LogP contribution in [-0.2, 0) is 7.05 Å². The third-order valence-electron chi connectivity index (χ3n) is 4.88. The van der Waals surface area contributed by atoms with Crippen molar-refractivity contribution in [2.75, 3.05) is 44.2 Å². The Labute approximate surface area is 153 Å². The molecule has 0 amide bonds. The second-order valence-electron chi connectivity index (χ2n) is 6.69. The van der Waals surface area contributed by atoms with Gasteiger partial charge < -0.3 is 9.64 Å². The Kier molecular flexibility index (Phi) is 4.71. The van der Waals surface area contributed by atoms with Gasteiger partial charge in [0.1, 0.15) is 24.5 Å². The van der Waals surface area contributed by atoms with Crippen LogP contribution >= 0.6 is 0 Å².